The number of hydrogen-bond donors (Lipinski definition) is 1. The summed E-state index contributed by atoms with van der Waals surface area (Å²) >= 11 is 0. The van der Waals surface area contributed by atoms with E-state index < -0.39 is 10.0 Å². The number of carbonyl (C=O) groups excluding carboxylic acids is 1. The van der Waals surface area contributed by atoms with Gasteiger partial charge in [-0.05, 0) is 48.5 Å². The van der Waals surface area contributed by atoms with Crippen molar-refractivity contribution in [1.29, 1.82) is 0 Å². The number of carbonyl (C=O) groups is 1. The molecular formula is C20H22N2O4S. The second kappa shape index (κ2) is 9.16. The highest BCUT2D eigenvalue weighted by atomic mass is 32.2. The lowest BCUT2D eigenvalue weighted by Crippen LogP contribution is -2.31. The van der Waals surface area contributed by atoms with Crippen molar-refractivity contribution >= 4 is 21.6 Å². The van der Waals surface area contributed by atoms with Gasteiger partial charge in [0.25, 0.3) is 5.91 Å². The van der Waals surface area contributed by atoms with E-state index in [4.69, 9.17) is 4.74 Å². The maximum Gasteiger partial charge on any atom is 0.255 e. The average Bonchev–Trinajstić information content (AvgIpc) is 2.68. The molecule has 27 heavy (non-hydrogen) atoms. The Morgan fingerprint density at radius 1 is 1.04 bits per heavy atom. The largest absolute Gasteiger partial charge is 0.497 e. The van der Waals surface area contributed by atoms with E-state index in [2.05, 4.69) is 18.5 Å². The van der Waals surface area contributed by atoms with Gasteiger partial charge in [0.2, 0.25) is 10.0 Å². The quantitative estimate of drug-likeness (QED) is 0.671. The molecule has 2 rings (SSSR count). The molecule has 1 N–H and O–H groups in total. The number of ether oxygens (including phenoxy) is 1. The van der Waals surface area contributed by atoms with Gasteiger partial charge in [-0.15, -0.1) is 13.2 Å². The highest BCUT2D eigenvalue weighted by Gasteiger charge is 2.22. The van der Waals surface area contributed by atoms with Crippen LogP contribution in [-0.4, -0.2) is 38.8 Å². The van der Waals surface area contributed by atoms with E-state index in [9.17, 15) is 13.2 Å². The summed E-state index contributed by atoms with van der Waals surface area (Å²) in [5, 5.41) is 2.73. The normalized spacial score (nSPS) is 11.0. The Morgan fingerprint density at radius 2 is 1.59 bits per heavy atom. The highest BCUT2D eigenvalue weighted by molar-refractivity contribution is 7.89. The Morgan fingerprint density at radius 3 is 2.07 bits per heavy atom. The third-order valence-electron chi connectivity index (χ3n) is 3.77. The molecule has 1 amide bonds. The average molecular weight is 386 g/mol. The Balaban J connectivity index is 2.14. The molecule has 0 unspecified atom stereocenters. The Hall–Kier alpha value is -2.90. The fourth-order valence-corrected chi connectivity index (χ4v) is 3.75. The SMILES string of the molecule is C=CCN(CC=C)S(=O)(=O)c1ccc(NC(=O)c2ccc(OC)cc2)cc1. The molecule has 142 valence electrons. The first-order valence-electron chi connectivity index (χ1n) is 8.19. The van der Waals surface area contributed by atoms with Crippen LogP contribution in [0.1, 0.15) is 10.4 Å². The summed E-state index contributed by atoms with van der Waals surface area (Å²) in [6, 6.07) is 12.7. The van der Waals surface area contributed by atoms with Crippen molar-refractivity contribution in [3.05, 3.63) is 79.4 Å². The van der Waals surface area contributed by atoms with Gasteiger partial charge in [-0.1, -0.05) is 12.2 Å². The molecular weight excluding hydrogens is 364 g/mol. The predicted molar refractivity (Wildman–Crippen MR) is 107 cm³/mol. The molecule has 2 aromatic carbocycles. The topological polar surface area (TPSA) is 75.7 Å². The minimum absolute atomic E-state index is 0.133. The molecule has 7 heteroatoms. The molecule has 2 aromatic rings. The van der Waals surface area contributed by atoms with Crippen molar-refractivity contribution in [2.45, 2.75) is 4.90 Å². The number of methoxy groups -OCH3 is 1. The summed E-state index contributed by atoms with van der Waals surface area (Å²) in [6.45, 7) is 7.53. The lowest BCUT2D eigenvalue weighted by Gasteiger charge is -2.19. The van der Waals surface area contributed by atoms with Gasteiger partial charge in [0, 0.05) is 24.3 Å². The summed E-state index contributed by atoms with van der Waals surface area (Å²) in [5.74, 6) is 0.359. The first-order valence-corrected chi connectivity index (χ1v) is 9.63. The standard InChI is InChI=1S/C20H22N2O4S/c1-4-14-22(15-5-2)27(24,25)19-12-8-17(9-13-19)21-20(23)16-6-10-18(26-3)11-7-16/h4-13H,1-2,14-15H2,3H3,(H,21,23). The van der Waals surface area contributed by atoms with E-state index in [1.807, 2.05) is 0 Å². The first-order chi connectivity index (χ1) is 12.9. The van der Waals surface area contributed by atoms with Crippen molar-refractivity contribution in [3.8, 4) is 5.75 Å². The van der Waals surface area contributed by atoms with Crippen LogP contribution in [0.15, 0.2) is 78.7 Å². The summed E-state index contributed by atoms with van der Waals surface area (Å²) in [6.07, 6.45) is 3.04. The molecule has 0 aliphatic carbocycles. The van der Waals surface area contributed by atoms with Crippen LogP contribution >= 0.6 is 0 Å². The van der Waals surface area contributed by atoms with Gasteiger partial charge in [0.15, 0.2) is 0 Å². The molecule has 0 atom stereocenters. The molecule has 0 aromatic heterocycles. The third kappa shape index (κ3) is 5.06. The maximum atomic E-state index is 12.7. The van der Waals surface area contributed by atoms with Crippen molar-refractivity contribution in [1.82, 2.24) is 4.31 Å². The van der Waals surface area contributed by atoms with Crippen molar-refractivity contribution in [2.75, 3.05) is 25.5 Å². The zero-order chi connectivity index (χ0) is 19.9. The van der Waals surface area contributed by atoms with Crippen molar-refractivity contribution in [2.24, 2.45) is 0 Å². The lowest BCUT2D eigenvalue weighted by molar-refractivity contribution is 0.102. The molecule has 0 saturated heterocycles. The molecule has 0 aliphatic rings. The van der Waals surface area contributed by atoms with E-state index in [0.29, 0.717) is 17.0 Å². The van der Waals surface area contributed by atoms with Gasteiger partial charge in [-0.3, -0.25) is 4.79 Å². The summed E-state index contributed by atoms with van der Waals surface area (Å²) in [4.78, 5) is 12.4. The van der Waals surface area contributed by atoms with Crippen LogP contribution in [-0.2, 0) is 10.0 Å². The zero-order valence-corrected chi connectivity index (χ0v) is 15.9. The van der Waals surface area contributed by atoms with Crippen LogP contribution in [0, 0.1) is 0 Å². The lowest BCUT2D eigenvalue weighted by atomic mass is 10.2. The monoisotopic (exact) mass is 386 g/mol. The van der Waals surface area contributed by atoms with Gasteiger partial charge in [-0.25, -0.2) is 8.42 Å². The number of amides is 1. The number of nitrogens with zero attached hydrogens (tertiary/aromatic N) is 1. The van der Waals surface area contributed by atoms with E-state index in [1.54, 1.807) is 43.5 Å². The summed E-state index contributed by atoms with van der Waals surface area (Å²) in [5.41, 5.74) is 0.962. The van der Waals surface area contributed by atoms with E-state index in [0.717, 1.165) is 0 Å². The number of rotatable bonds is 9. The van der Waals surface area contributed by atoms with Crippen LogP contribution in [0.25, 0.3) is 0 Å². The molecule has 6 nitrogen and oxygen atoms in total. The predicted octanol–water partition coefficient (Wildman–Crippen LogP) is 3.31. The number of benzene rings is 2. The number of nitrogens with one attached hydrogen (secondary N) is 1. The Bertz CT molecular complexity index is 894. The first kappa shape index (κ1) is 20.4. The zero-order valence-electron chi connectivity index (χ0n) is 15.1. The molecule has 0 saturated carbocycles. The van der Waals surface area contributed by atoms with Crippen LogP contribution < -0.4 is 10.1 Å². The van der Waals surface area contributed by atoms with Crippen LogP contribution in [0.2, 0.25) is 0 Å². The maximum absolute atomic E-state index is 12.7. The van der Waals surface area contributed by atoms with Crippen molar-refractivity contribution < 1.29 is 17.9 Å². The van der Waals surface area contributed by atoms with Crippen molar-refractivity contribution in [3.63, 3.8) is 0 Å². The Kier molecular flexibility index (Phi) is 6.92. The molecule has 0 bridgehead atoms. The van der Waals surface area contributed by atoms with Gasteiger partial charge in [0.1, 0.15) is 5.75 Å². The summed E-state index contributed by atoms with van der Waals surface area (Å²) < 4.78 is 31.6. The molecule has 0 heterocycles. The molecule has 0 fully saturated rings. The molecule has 0 spiro atoms. The smallest absolute Gasteiger partial charge is 0.255 e. The molecule has 0 radical (unpaired) electrons. The number of hydrogen-bond acceptors (Lipinski definition) is 4. The third-order valence-corrected chi connectivity index (χ3v) is 5.61. The fraction of sp³-hybridized carbons (Fsp3) is 0.150. The number of sulfonamides is 1. The van der Waals surface area contributed by atoms with Crippen LogP contribution in [0.5, 0.6) is 5.75 Å². The number of anilines is 1. The van der Waals surface area contributed by atoms with E-state index in [-0.39, 0.29) is 23.9 Å². The molecule has 0 aliphatic heterocycles. The van der Waals surface area contributed by atoms with E-state index in [1.165, 1.54) is 28.6 Å². The minimum Gasteiger partial charge on any atom is -0.497 e. The van der Waals surface area contributed by atoms with Crippen LogP contribution in [0.3, 0.4) is 0 Å². The van der Waals surface area contributed by atoms with Crippen LogP contribution in [0.4, 0.5) is 5.69 Å². The second-order valence-corrected chi connectivity index (χ2v) is 7.54. The van der Waals surface area contributed by atoms with Gasteiger partial charge < -0.3 is 10.1 Å². The summed E-state index contributed by atoms with van der Waals surface area (Å²) in [7, 11) is -2.11. The van der Waals surface area contributed by atoms with Gasteiger partial charge in [0.05, 0.1) is 12.0 Å². The fourth-order valence-electron chi connectivity index (χ4n) is 2.36. The minimum atomic E-state index is -3.67. The van der Waals surface area contributed by atoms with Gasteiger partial charge in [-0.2, -0.15) is 4.31 Å². The van der Waals surface area contributed by atoms with Gasteiger partial charge >= 0.3 is 0 Å². The Labute approximate surface area is 159 Å². The highest BCUT2D eigenvalue weighted by Crippen LogP contribution is 2.19. The van der Waals surface area contributed by atoms with E-state index >= 15 is 0 Å². The second-order valence-electron chi connectivity index (χ2n) is 5.61.